The van der Waals surface area contributed by atoms with Gasteiger partial charge < -0.3 is 5.11 Å². The molecule has 0 fully saturated rings. The van der Waals surface area contributed by atoms with Crippen molar-refractivity contribution >= 4 is 0 Å². The van der Waals surface area contributed by atoms with E-state index in [0.29, 0.717) is 5.56 Å². The monoisotopic (exact) mass is 231 g/mol. The molecule has 3 heteroatoms. The minimum Gasteiger partial charge on any atom is -0.382 e. The lowest BCUT2D eigenvalue weighted by molar-refractivity contribution is 0.208. The van der Waals surface area contributed by atoms with Gasteiger partial charge in [0.2, 0.25) is 0 Å². The maximum absolute atomic E-state index is 13.5. The molecule has 0 aliphatic heterocycles. The van der Waals surface area contributed by atoms with Gasteiger partial charge in [-0.2, -0.15) is 0 Å². The number of aliphatic hydroxyl groups is 1. The number of aryl methyl sites for hydroxylation is 2. The topological polar surface area (TPSA) is 33.1 Å². The number of halogens is 1. The van der Waals surface area contributed by atoms with Crippen LogP contribution in [0.15, 0.2) is 36.5 Å². The van der Waals surface area contributed by atoms with E-state index in [1.165, 1.54) is 18.3 Å². The van der Waals surface area contributed by atoms with E-state index in [0.717, 1.165) is 11.1 Å². The van der Waals surface area contributed by atoms with Gasteiger partial charge in [-0.05, 0) is 37.1 Å². The molecule has 0 saturated heterocycles. The molecule has 0 bridgehead atoms. The van der Waals surface area contributed by atoms with Crippen LogP contribution in [-0.2, 0) is 0 Å². The number of pyridine rings is 1. The van der Waals surface area contributed by atoms with Gasteiger partial charge in [0, 0.05) is 6.20 Å². The van der Waals surface area contributed by atoms with Crippen molar-refractivity contribution in [1.29, 1.82) is 0 Å². The van der Waals surface area contributed by atoms with Crippen LogP contribution in [0.5, 0.6) is 0 Å². The van der Waals surface area contributed by atoms with E-state index >= 15 is 0 Å². The van der Waals surface area contributed by atoms with E-state index in [1.807, 2.05) is 32.0 Å². The van der Waals surface area contributed by atoms with Crippen molar-refractivity contribution in [2.75, 3.05) is 0 Å². The number of nitrogens with zero attached hydrogens (tertiary/aromatic N) is 1. The maximum atomic E-state index is 13.5. The van der Waals surface area contributed by atoms with E-state index in [4.69, 9.17) is 0 Å². The molecule has 0 amide bonds. The molecule has 0 radical (unpaired) electrons. The van der Waals surface area contributed by atoms with E-state index in [9.17, 15) is 9.50 Å². The van der Waals surface area contributed by atoms with Gasteiger partial charge in [0.1, 0.15) is 17.6 Å². The highest BCUT2D eigenvalue weighted by Gasteiger charge is 2.17. The SMILES string of the molecule is Cc1ccc(C(O)c2ncccc2F)c(C)c1. The first-order valence-corrected chi connectivity index (χ1v) is 5.45. The quantitative estimate of drug-likeness (QED) is 0.862. The van der Waals surface area contributed by atoms with Crippen LogP contribution in [0, 0.1) is 19.7 Å². The summed E-state index contributed by atoms with van der Waals surface area (Å²) in [6.45, 7) is 3.87. The Morgan fingerprint density at radius 3 is 2.65 bits per heavy atom. The Kier molecular flexibility index (Phi) is 3.20. The summed E-state index contributed by atoms with van der Waals surface area (Å²) in [7, 11) is 0. The highest BCUT2D eigenvalue weighted by Crippen LogP contribution is 2.25. The standard InChI is InChI=1S/C14H14FNO/c1-9-5-6-11(10(2)8-9)14(17)13-12(15)4-3-7-16-13/h3-8,14,17H,1-2H3. The number of benzene rings is 1. The predicted molar refractivity (Wildman–Crippen MR) is 64.2 cm³/mol. The first-order chi connectivity index (χ1) is 8.09. The summed E-state index contributed by atoms with van der Waals surface area (Å²) in [6, 6.07) is 8.47. The molecule has 1 N–H and O–H groups in total. The molecular weight excluding hydrogens is 217 g/mol. The van der Waals surface area contributed by atoms with Crippen molar-refractivity contribution in [2.45, 2.75) is 20.0 Å². The molecule has 2 aromatic rings. The van der Waals surface area contributed by atoms with Crippen molar-refractivity contribution in [2.24, 2.45) is 0 Å². The van der Waals surface area contributed by atoms with Gasteiger partial charge in [-0.3, -0.25) is 4.98 Å². The van der Waals surface area contributed by atoms with Gasteiger partial charge in [-0.15, -0.1) is 0 Å². The van der Waals surface area contributed by atoms with E-state index in [1.54, 1.807) is 0 Å². The summed E-state index contributed by atoms with van der Waals surface area (Å²) in [5, 5.41) is 10.1. The second kappa shape index (κ2) is 4.63. The van der Waals surface area contributed by atoms with E-state index in [2.05, 4.69) is 4.98 Å². The molecule has 0 spiro atoms. The normalized spacial score (nSPS) is 12.5. The largest absolute Gasteiger partial charge is 0.382 e. The Balaban J connectivity index is 2.44. The number of hydrogen-bond donors (Lipinski definition) is 1. The summed E-state index contributed by atoms with van der Waals surface area (Å²) in [5.41, 5.74) is 2.80. The summed E-state index contributed by atoms with van der Waals surface area (Å²) in [6.07, 6.45) is 0.460. The van der Waals surface area contributed by atoms with E-state index in [-0.39, 0.29) is 5.69 Å². The molecule has 1 atom stereocenters. The fraction of sp³-hybridized carbons (Fsp3) is 0.214. The van der Waals surface area contributed by atoms with Crippen LogP contribution < -0.4 is 0 Å². The number of aliphatic hydroxyl groups excluding tert-OH is 1. The van der Waals surface area contributed by atoms with Crippen LogP contribution in [0.4, 0.5) is 4.39 Å². The average molecular weight is 231 g/mol. The van der Waals surface area contributed by atoms with Gasteiger partial charge in [0.25, 0.3) is 0 Å². The smallest absolute Gasteiger partial charge is 0.147 e. The highest BCUT2D eigenvalue weighted by molar-refractivity contribution is 5.35. The van der Waals surface area contributed by atoms with Crippen molar-refractivity contribution in [3.05, 3.63) is 64.7 Å². The molecule has 1 aromatic heterocycles. The van der Waals surface area contributed by atoms with Crippen molar-refractivity contribution in [3.63, 3.8) is 0 Å². The van der Waals surface area contributed by atoms with Crippen molar-refractivity contribution in [3.8, 4) is 0 Å². The molecule has 1 heterocycles. The Hall–Kier alpha value is -1.74. The predicted octanol–water partition coefficient (Wildman–Crippen LogP) is 2.92. The molecule has 0 aliphatic rings. The molecule has 2 nitrogen and oxygen atoms in total. The Labute approximate surface area is 99.8 Å². The summed E-state index contributed by atoms with van der Waals surface area (Å²) in [4.78, 5) is 3.89. The van der Waals surface area contributed by atoms with Gasteiger partial charge in [0.05, 0.1) is 0 Å². The first-order valence-electron chi connectivity index (χ1n) is 5.45. The fourth-order valence-electron chi connectivity index (χ4n) is 1.88. The number of aromatic nitrogens is 1. The average Bonchev–Trinajstić information content (AvgIpc) is 2.29. The molecular formula is C14H14FNO. The lowest BCUT2D eigenvalue weighted by Crippen LogP contribution is -2.06. The second-order valence-corrected chi connectivity index (χ2v) is 4.13. The summed E-state index contributed by atoms with van der Waals surface area (Å²) in [5.74, 6) is -0.486. The summed E-state index contributed by atoms with van der Waals surface area (Å²) >= 11 is 0. The van der Waals surface area contributed by atoms with Gasteiger partial charge >= 0.3 is 0 Å². The highest BCUT2D eigenvalue weighted by atomic mass is 19.1. The minimum absolute atomic E-state index is 0.0689. The lowest BCUT2D eigenvalue weighted by Gasteiger charge is -2.14. The Bertz CT molecular complexity index is 539. The third kappa shape index (κ3) is 2.34. The minimum atomic E-state index is -1.02. The summed E-state index contributed by atoms with van der Waals surface area (Å²) < 4.78 is 13.5. The van der Waals surface area contributed by atoms with Gasteiger partial charge in [-0.1, -0.05) is 23.8 Å². The van der Waals surface area contributed by atoms with Crippen LogP contribution in [0.3, 0.4) is 0 Å². The molecule has 17 heavy (non-hydrogen) atoms. The van der Waals surface area contributed by atoms with Crippen LogP contribution in [-0.4, -0.2) is 10.1 Å². The third-order valence-electron chi connectivity index (χ3n) is 2.77. The molecule has 1 aromatic carbocycles. The lowest BCUT2D eigenvalue weighted by atomic mass is 9.99. The molecule has 0 aliphatic carbocycles. The van der Waals surface area contributed by atoms with E-state index < -0.39 is 11.9 Å². The van der Waals surface area contributed by atoms with Crippen LogP contribution in [0.2, 0.25) is 0 Å². The zero-order chi connectivity index (χ0) is 12.4. The van der Waals surface area contributed by atoms with Crippen molar-refractivity contribution in [1.82, 2.24) is 4.98 Å². The zero-order valence-electron chi connectivity index (χ0n) is 9.81. The Morgan fingerprint density at radius 2 is 2.00 bits per heavy atom. The number of hydrogen-bond acceptors (Lipinski definition) is 2. The third-order valence-corrected chi connectivity index (χ3v) is 2.77. The first kappa shape index (κ1) is 11.7. The zero-order valence-corrected chi connectivity index (χ0v) is 9.81. The molecule has 1 unspecified atom stereocenters. The Morgan fingerprint density at radius 1 is 1.24 bits per heavy atom. The molecule has 2 rings (SSSR count). The molecule has 88 valence electrons. The fourth-order valence-corrected chi connectivity index (χ4v) is 1.88. The van der Waals surface area contributed by atoms with Crippen molar-refractivity contribution < 1.29 is 9.50 Å². The van der Waals surface area contributed by atoms with Crippen LogP contribution in [0.25, 0.3) is 0 Å². The van der Waals surface area contributed by atoms with Crippen LogP contribution in [0.1, 0.15) is 28.5 Å². The maximum Gasteiger partial charge on any atom is 0.147 e. The number of rotatable bonds is 2. The van der Waals surface area contributed by atoms with Gasteiger partial charge in [0.15, 0.2) is 0 Å². The van der Waals surface area contributed by atoms with Gasteiger partial charge in [-0.25, -0.2) is 4.39 Å². The second-order valence-electron chi connectivity index (χ2n) is 4.13. The van der Waals surface area contributed by atoms with Crippen LogP contribution >= 0.6 is 0 Å². The molecule has 0 saturated carbocycles.